The summed E-state index contributed by atoms with van der Waals surface area (Å²) in [5, 5.41) is 0.739. The lowest BCUT2D eigenvalue weighted by molar-refractivity contribution is -0.125. The number of nitrogens with zero attached hydrogens (tertiary/aromatic N) is 3. The Balaban J connectivity index is 2.92. The average molecular weight is 283 g/mol. The average Bonchev–Trinajstić information content (AvgIpc) is 2.34. The Morgan fingerprint density at radius 1 is 1.42 bits per heavy atom. The number of rotatable bonds is 4. The molecule has 0 saturated heterocycles. The highest BCUT2D eigenvalue weighted by Crippen LogP contribution is 2.24. The van der Waals surface area contributed by atoms with Crippen molar-refractivity contribution in [1.29, 1.82) is 0 Å². The molecule has 0 aliphatic heterocycles. The summed E-state index contributed by atoms with van der Waals surface area (Å²) in [5.41, 5.74) is 2.36. The third kappa shape index (κ3) is 4.68. The first-order chi connectivity index (χ1) is 8.74. The van der Waals surface area contributed by atoms with E-state index in [-0.39, 0.29) is 11.3 Å². The lowest BCUT2D eigenvalue weighted by atomic mass is 9.96. The Bertz CT molecular complexity index is 456. The monoisotopic (exact) mass is 283 g/mol. The summed E-state index contributed by atoms with van der Waals surface area (Å²) in [5.74, 6) is 7.05. The molecule has 0 bridgehead atoms. The zero-order valence-corrected chi connectivity index (χ0v) is 12.8. The molecular weight excluding hydrogens is 262 g/mol. The molecule has 0 aliphatic rings. The molecule has 1 rings (SSSR count). The van der Waals surface area contributed by atoms with Gasteiger partial charge in [-0.05, 0) is 0 Å². The van der Waals surface area contributed by atoms with Crippen molar-refractivity contribution in [1.82, 2.24) is 14.9 Å². The van der Waals surface area contributed by atoms with Crippen LogP contribution in [0.1, 0.15) is 26.6 Å². The maximum atomic E-state index is 11.6. The minimum atomic E-state index is -0.173. The number of aromatic nitrogens is 2. The van der Waals surface area contributed by atoms with E-state index < -0.39 is 0 Å². The number of carbonyl (C=O) groups is 1. The smallest absolute Gasteiger partial charge is 0.232 e. The van der Waals surface area contributed by atoms with Crippen molar-refractivity contribution in [2.24, 2.45) is 5.84 Å². The van der Waals surface area contributed by atoms with Gasteiger partial charge in [-0.1, -0.05) is 32.5 Å². The first kappa shape index (κ1) is 15.7. The van der Waals surface area contributed by atoms with Crippen molar-refractivity contribution >= 4 is 23.5 Å². The minimum Gasteiger partial charge on any atom is -0.348 e. The van der Waals surface area contributed by atoms with Gasteiger partial charge in [0.1, 0.15) is 16.7 Å². The van der Waals surface area contributed by atoms with E-state index in [0.717, 1.165) is 5.03 Å². The maximum Gasteiger partial charge on any atom is 0.232 e. The van der Waals surface area contributed by atoms with Crippen LogP contribution in [0, 0.1) is 0 Å². The van der Waals surface area contributed by atoms with E-state index >= 15 is 0 Å². The van der Waals surface area contributed by atoms with Gasteiger partial charge >= 0.3 is 0 Å². The fourth-order valence-electron chi connectivity index (χ4n) is 1.17. The zero-order valence-electron chi connectivity index (χ0n) is 12.0. The second-order valence-corrected chi connectivity index (χ2v) is 6.38. The number of nitrogen functional groups attached to an aromatic ring is 1. The van der Waals surface area contributed by atoms with Crippen molar-refractivity contribution in [2.45, 2.75) is 31.2 Å². The molecular formula is C12H21N5OS. The van der Waals surface area contributed by atoms with Gasteiger partial charge in [0.05, 0.1) is 5.75 Å². The van der Waals surface area contributed by atoms with Gasteiger partial charge < -0.3 is 10.3 Å². The Kier molecular flexibility index (Phi) is 5.13. The molecule has 7 heteroatoms. The molecule has 106 valence electrons. The van der Waals surface area contributed by atoms with Crippen molar-refractivity contribution in [3.8, 4) is 0 Å². The van der Waals surface area contributed by atoms with Gasteiger partial charge in [0.2, 0.25) is 5.91 Å². The Morgan fingerprint density at radius 3 is 2.53 bits per heavy atom. The van der Waals surface area contributed by atoms with Crippen LogP contribution in [-0.2, 0) is 10.2 Å². The summed E-state index contributed by atoms with van der Waals surface area (Å²) in [6, 6.07) is 1.74. The summed E-state index contributed by atoms with van der Waals surface area (Å²) in [4.78, 5) is 21.9. The molecule has 1 amide bonds. The standard InChI is InChI=1S/C12H21N5OS/c1-12(2,3)11-14-8(16-13)6-9(15-11)19-7-10(18)17(4)5/h6H,7,13H2,1-5H3,(H,14,15,16). The highest BCUT2D eigenvalue weighted by atomic mass is 32.2. The number of carbonyl (C=O) groups excluding carboxylic acids is 1. The highest BCUT2D eigenvalue weighted by Gasteiger charge is 2.19. The predicted octanol–water partition coefficient (Wildman–Crippen LogP) is 1.24. The van der Waals surface area contributed by atoms with Gasteiger partial charge in [-0.15, -0.1) is 0 Å². The molecule has 0 spiro atoms. The van der Waals surface area contributed by atoms with Gasteiger partial charge in [-0.3, -0.25) is 4.79 Å². The van der Waals surface area contributed by atoms with Crippen molar-refractivity contribution in [2.75, 3.05) is 25.3 Å². The summed E-state index contributed by atoms with van der Waals surface area (Å²) >= 11 is 1.38. The number of anilines is 1. The van der Waals surface area contributed by atoms with Gasteiger partial charge in [0.25, 0.3) is 0 Å². The lowest BCUT2D eigenvalue weighted by Gasteiger charge is -2.18. The van der Waals surface area contributed by atoms with Gasteiger partial charge in [-0.2, -0.15) is 0 Å². The largest absolute Gasteiger partial charge is 0.348 e. The van der Waals surface area contributed by atoms with E-state index in [4.69, 9.17) is 5.84 Å². The summed E-state index contributed by atoms with van der Waals surface area (Å²) < 4.78 is 0. The second-order valence-electron chi connectivity index (χ2n) is 5.39. The number of nitrogens with one attached hydrogen (secondary N) is 1. The van der Waals surface area contributed by atoms with Gasteiger partial charge in [-0.25, -0.2) is 15.8 Å². The molecule has 1 aromatic rings. The molecule has 1 aromatic heterocycles. The van der Waals surface area contributed by atoms with Crippen LogP contribution in [0.25, 0.3) is 0 Å². The van der Waals surface area contributed by atoms with Crippen LogP contribution in [-0.4, -0.2) is 40.6 Å². The van der Waals surface area contributed by atoms with E-state index in [9.17, 15) is 4.79 Å². The molecule has 0 saturated carbocycles. The summed E-state index contributed by atoms with van der Waals surface area (Å²) in [6.45, 7) is 6.09. The first-order valence-corrected chi connectivity index (χ1v) is 6.91. The molecule has 19 heavy (non-hydrogen) atoms. The molecule has 0 aromatic carbocycles. The normalized spacial score (nSPS) is 11.3. The fourth-order valence-corrected chi connectivity index (χ4v) is 2.05. The van der Waals surface area contributed by atoms with E-state index in [1.165, 1.54) is 11.8 Å². The number of amides is 1. The van der Waals surface area contributed by atoms with Crippen LogP contribution in [0.3, 0.4) is 0 Å². The number of thioether (sulfide) groups is 1. The van der Waals surface area contributed by atoms with E-state index in [1.54, 1.807) is 25.1 Å². The molecule has 0 radical (unpaired) electrons. The zero-order chi connectivity index (χ0) is 14.6. The predicted molar refractivity (Wildman–Crippen MR) is 78.0 cm³/mol. The van der Waals surface area contributed by atoms with Crippen molar-refractivity contribution in [3.63, 3.8) is 0 Å². The molecule has 1 heterocycles. The molecule has 3 N–H and O–H groups in total. The minimum absolute atomic E-state index is 0.0446. The topological polar surface area (TPSA) is 84.1 Å². The van der Waals surface area contributed by atoms with Gasteiger partial charge in [0, 0.05) is 25.6 Å². The van der Waals surface area contributed by atoms with Crippen LogP contribution in [0.15, 0.2) is 11.1 Å². The lowest BCUT2D eigenvalue weighted by Crippen LogP contribution is -2.23. The van der Waals surface area contributed by atoms with Crippen molar-refractivity contribution < 1.29 is 4.79 Å². The molecule has 0 aliphatic carbocycles. The third-order valence-corrected chi connectivity index (χ3v) is 3.26. The number of nitrogens with two attached hydrogens (primary N) is 1. The highest BCUT2D eigenvalue weighted by molar-refractivity contribution is 7.99. The van der Waals surface area contributed by atoms with Crippen LogP contribution in [0.5, 0.6) is 0 Å². The third-order valence-electron chi connectivity index (χ3n) is 2.36. The van der Waals surface area contributed by atoms with Crippen LogP contribution >= 0.6 is 11.8 Å². The van der Waals surface area contributed by atoms with Crippen LogP contribution in [0.4, 0.5) is 5.82 Å². The Hall–Kier alpha value is -1.34. The molecule has 0 unspecified atom stereocenters. The quantitative estimate of drug-likeness (QED) is 0.374. The second kappa shape index (κ2) is 6.21. The molecule has 0 fully saturated rings. The van der Waals surface area contributed by atoms with E-state index in [2.05, 4.69) is 15.4 Å². The van der Waals surface area contributed by atoms with Crippen molar-refractivity contribution in [3.05, 3.63) is 11.9 Å². The maximum absolute atomic E-state index is 11.6. The van der Waals surface area contributed by atoms with Gasteiger partial charge in [0.15, 0.2) is 0 Å². The molecule has 6 nitrogen and oxygen atoms in total. The first-order valence-electron chi connectivity index (χ1n) is 5.93. The molecule has 0 atom stereocenters. The Morgan fingerprint density at radius 2 is 2.05 bits per heavy atom. The van der Waals surface area contributed by atoms with E-state index in [0.29, 0.717) is 17.4 Å². The van der Waals surface area contributed by atoms with E-state index in [1.807, 2.05) is 20.8 Å². The number of hydrazine groups is 1. The fraction of sp³-hybridized carbons (Fsp3) is 0.583. The number of hydrogen-bond acceptors (Lipinski definition) is 6. The Labute approximate surface area is 118 Å². The van der Waals surface area contributed by atoms with Crippen LogP contribution < -0.4 is 11.3 Å². The summed E-state index contributed by atoms with van der Waals surface area (Å²) in [7, 11) is 3.46. The SMILES string of the molecule is CN(C)C(=O)CSc1cc(NN)nc(C(C)(C)C)n1. The van der Waals surface area contributed by atoms with Crippen LogP contribution in [0.2, 0.25) is 0 Å². The summed E-state index contributed by atoms with van der Waals surface area (Å²) in [6.07, 6.45) is 0. The number of hydrogen-bond donors (Lipinski definition) is 2.